The Labute approximate surface area is 115 Å². The van der Waals surface area contributed by atoms with Crippen molar-refractivity contribution in [2.24, 2.45) is 0 Å². The number of carbonyl (C=O) groups is 1. The van der Waals surface area contributed by atoms with Crippen molar-refractivity contribution >= 4 is 11.4 Å². The summed E-state index contributed by atoms with van der Waals surface area (Å²) in [6, 6.07) is 0. The third-order valence-electron chi connectivity index (χ3n) is 3.70. The molecule has 2 N–H and O–H groups in total. The molecule has 1 amide bonds. The van der Waals surface area contributed by atoms with E-state index >= 15 is 0 Å². The number of carbonyl (C=O) groups excluding carboxylic acids is 1. The molecular weight excluding hydrogens is 260 g/mol. The van der Waals surface area contributed by atoms with Gasteiger partial charge in [-0.05, 0) is 12.8 Å². The molecule has 20 heavy (non-hydrogen) atoms. The highest BCUT2D eigenvalue weighted by molar-refractivity contribution is 6.00. The molecule has 0 atom stereocenters. The molecule has 0 saturated carbocycles. The quantitative estimate of drug-likeness (QED) is 0.824. The number of aliphatic hydroxyl groups excluding tert-OH is 1. The van der Waals surface area contributed by atoms with Crippen LogP contribution in [0.5, 0.6) is 0 Å². The Hall–Kier alpha value is -1.99. The molecule has 2 aromatic rings. The molecule has 0 aliphatic carbocycles. The van der Waals surface area contributed by atoms with E-state index in [0.29, 0.717) is 37.1 Å². The van der Waals surface area contributed by atoms with Crippen LogP contribution in [-0.2, 0) is 4.74 Å². The first kappa shape index (κ1) is 13.0. The number of hydrogen-bond acceptors (Lipinski definition) is 5. The smallest absolute Gasteiger partial charge is 0.255 e. The fraction of sp³-hybridized carbons (Fsp3) is 0.462. The third kappa shape index (κ3) is 2.25. The fourth-order valence-corrected chi connectivity index (χ4v) is 2.40. The number of nitrogens with zero attached hydrogens (tertiary/aromatic N) is 3. The first-order chi connectivity index (χ1) is 9.74. The summed E-state index contributed by atoms with van der Waals surface area (Å²) in [6.45, 7) is 0.980. The van der Waals surface area contributed by atoms with Crippen molar-refractivity contribution in [3.05, 3.63) is 30.4 Å². The molecule has 0 spiro atoms. The van der Waals surface area contributed by atoms with Crippen LogP contribution in [0.2, 0.25) is 0 Å². The molecule has 7 heteroatoms. The molecule has 2 aromatic heterocycles. The molecule has 106 valence electrons. The zero-order valence-corrected chi connectivity index (χ0v) is 11.0. The molecule has 0 radical (unpaired) electrons. The minimum atomic E-state index is -0.605. The second-order valence-corrected chi connectivity index (χ2v) is 4.97. The van der Waals surface area contributed by atoms with Crippen LogP contribution in [0, 0.1) is 0 Å². The molecular formula is C13H16N4O3. The van der Waals surface area contributed by atoms with Gasteiger partial charge in [0, 0.05) is 25.6 Å². The first-order valence-electron chi connectivity index (χ1n) is 6.53. The van der Waals surface area contributed by atoms with Crippen molar-refractivity contribution < 1.29 is 14.6 Å². The van der Waals surface area contributed by atoms with E-state index in [4.69, 9.17) is 4.74 Å². The first-order valence-corrected chi connectivity index (χ1v) is 6.53. The molecule has 0 aromatic carbocycles. The molecule has 3 rings (SSSR count). The van der Waals surface area contributed by atoms with Crippen LogP contribution in [0.15, 0.2) is 24.8 Å². The number of nitrogens with one attached hydrogen (secondary N) is 1. The zero-order valence-electron chi connectivity index (χ0n) is 11.0. The minimum absolute atomic E-state index is 0.0977. The van der Waals surface area contributed by atoms with Crippen LogP contribution < -0.4 is 5.32 Å². The van der Waals surface area contributed by atoms with Gasteiger partial charge in [-0.2, -0.15) is 5.10 Å². The number of hydrogen-bond donors (Lipinski definition) is 2. The maximum atomic E-state index is 12.4. The normalized spacial score (nSPS) is 18.1. The summed E-state index contributed by atoms with van der Waals surface area (Å²) in [5.74, 6) is -0.246. The molecule has 0 unspecified atom stereocenters. The van der Waals surface area contributed by atoms with Crippen LogP contribution in [0.25, 0.3) is 5.52 Å². The number of rotatable bonds is 3. The van der Waals surface area contributed by atoms with Gasteiger partial charge in [0.1, 0.15) is 0 Å². The van der Waals surface area contributed by atoms with Crippen LogP contribution in [0.1, 0.15) is 23.2 Å². The van der Waals surface area contributed by atoms with E-state index in [-0.39, 0.29) is 12.5 Å². The molecule has 1 saturated heterocycles. The summed E-state index contributed by atoms with van der Waals surface area (Å²) in [5.41, 5.74) is 0.494. The average Bonchev–Trinajstić information content (AvgIpc) is 2.92. The Kier molecular flexibility index (Phi) is 3.37. The largest absolute Gasteiger partial charge is 0.394 e. The minimum Gasteiger partial charge on any atom is -0.394 e. The van der Waals surface area contributed by atoms with Crippen molar-refractivity contribution in [1.82, 2.24) is 19.9 Å². The lowest BCUT2D eigenvalue weighted by molar-refractivity contribution is 0.0126. The van der Waals surface area contributed by atoms with Gasteiger partial charge >= 0.3 is 0 Å². The summed E-state index contributed by atoms with van der Waals surface area (Å²) in [4.78, 5) is 16.4. The van der Waals surface area contributed by atoms with E-state index in [1.807, 2.05) is 0 Å². The van der Waals surface area contributed by atoms with E-state index in [0.717, 1.165) is 0 Å². The van der Waals surface area contributed by atoms with Gasteiger partial charge in [-0.25, -0.2) is 4.52 Å². The van der Waals surface area contributed by atoms with E-state index in [2.05, 4.69) is 15.4 Å². The van der Waals surface area contributed by atoms with E-state index in [1.54, 1.807) is 23.1 Å². The van der Waals surface area contributed by atoms with Crippen molar-refractivity contribution in [3.8, 4) is 0 Å². The second kappa shape index (κ2) is 5.18. The number of fused-ring (bicyclic) bond motifs is 1. The molecule has 3 heterocycles. The SMILES string of the molecule is O=C(NC1(CO)CCOCC1)c1cnn2ccncc12. The molecule has 7 nitrogen and oxygen atoms in total. The van der Waals surface area contributed by atoms with Gasteiger partial charge in [-0.15, -0.1) is 0 Å². The molecule has 1 aliphatic heterocycles. The van der Waals surface area contributed by atoms with Gasteiger partial charge in [0.25, 0.3) is 5.91 Å². The van der Waals surface area contributed by atoms with Gasteiger partial charge in [-0.1, -0.05) is 0 Å². The van der Waals surface area contributed by atoms with Gasteiger partial charge in [-0.3, -0.25) is 9.78 Å². The van der Waals surface area contributed by atoms with E-state index < -0.39 is 5.54 Å². The van der Waals surface area contributed by atoms with E-state index in [9.17, 15) is 9.90 Å². The topological polar surface area (TPSA) is 88.8 Å². The lowest BCUT2D eigenvalue weighted by Gasteiger charge is -2.36. The highest BCUT2D eigenvalue weighted by atomic mass is 16.5. The Morgan fingerprint density at radius 3 is 3.00 bits per heavy atom. The zero-order chi connectivity index (χ0) is 14.0. The molecule has 0 bridgehead atoms. The Morgan fingerprint density at radius 2 is 2.25 bits per heavy atom. The predicted octanol–water partition coefficient (Wildman–Crippen LogP) is 0.000600. The maximum absolute atomic E-state index is 12.4. The summed E-state index contributed by atoms with van der Waals surface area (Å²) in [7, 11) is 0. The highest BCUT2D eigenvalue weighted by Crippen LogP contribution is 2.21. The second-order valence-electron chi connectivity index (χ2n) is 4.97. The number of aliphatic hydroxyl groups is 1. The monoisotopic (exact) mass is 276 g/mol. The highest BCUT2D eigenvalue weighted by Gasteiger charge is 2.34. The van der Waals surface area contributed by atoms with Gasteiger partial charge in [0.2, 0.25) is 0 Å². The number of amides is 1. The van der Waals surface area contributed by atoms with Crippen molar-refractivity contribution in [3.63, 3.8) is 0 Å². The average molecular weight is 276 g/mol. The molecule has 1 fully saturated rings. The van der Waals surface area contributed by atoms with Crippen LogP contribution >= 0.6 is 0 Å². The maximum Gasteiger partial charge on any atom is 0.255 e. The van der Waals surface area contributed by atoms with Crippen LogP contribution in [-0.4, -0.2) is 51.0 Å². The van der Waals surface area contributed by atoms with Crippen molar-refractivity contribution in [2.45, 2.75) is 18.4 Å². The Bertz CT molecular complexity index is 619. The predicted molar refractivity (Wildman–Crippen MR) is 70.3 cm³/mol. The van der Waals surface area contributed by atoms with Gasteiger partial charge < -0.3 is 15.2 Å². The van der Waals surface area contributed by atoms with Gasteiger partial charge in [0.15, 0.2) is 0 Å². The summed E-state index contributed by atoms with van der Waals surface area (Å²) < 4.78 is 6.87. The fourth-order valence-electron chi connectivity index (χ4n) is 2.40. The van der Waals surface area contributed by atoms with Crippen molar-refractivity contribution in [1.29, 1.82) is 0 Å². The number of aromatic nitrogens is 3. The van der Waals surface area contributed by atoms with Gasteiger partial charge in [0.05, 0.1) is 35.6 Å². The Balaban J connectivity index is 1.85. The summed E-state index contributed by atoms with van der Waals surface area (Å²) >= 11 is 0. The van der Waals surface area contributed by atoms with Crippen LogP contribution in [0.4, 0.5) is 0 Å². The Morgan fingerprint density at radius 1 is 1.45 bits per heavy atom. The van der Waals surface area contributed by atoms with Crippen molar-refractivity contribution in [2.75, 3.05) is 19.8 Å². The third-order valence-corrected chi connectivity index (χ3v) is 3.70. The lowest BCUT2D eigenvalue weighted by Crippen LogP contribution is -2.54. The standard InChI is InChI=1S/C13H16N4O3/c18-9-13(1-5-20-6-2-13)16-12(19)10-7-15-17-4-3-14-8-11(10)17/h3-4,7-8,18H,1-2,5-6,9H2,(H,16,19). The number of ether oxygens (including phenoxy) is 1. The summed E-state index contributed by atoms with van der Waals surface area (Å²) in [6.07, 6.45) is 7.60. The summed E-state index contributed by atoms with van der Waals surface area (Å²) in [5, 5.41) is 16.6. The van der Waals surface area contributed by atoms with Crippen LogP contribution in [0.3, 0.4) is 0 Å². The van der Waals surface area contributed by atoms with E-state index in [1.165, 1.54) is 6.20 Å². The lowest BCUT2D eigenvalue weighted by atomic mass is 9.90. The molecule has 1 aliphatic rings.